The van der Waals surface area contributed by atoms with Crippen molar-refractivity contribution in [1.82, 2.24) is 15.4 Å². The van der Waals surface area contributed by atoms with Crippen molar-refractivity contribution < 1.29 is 9.63 Å². The normalized spacial score (nSPS) is 11.9. The summed E-state index contributed by atoms with van der Waals surface area (Å²) in [7, 11) is 1.42. The first-order chi connectivity index (χ1) is 9.25. The lowest BCUT2D eigenvalue weighted by molar-refractivity contribution is 0.0541. The van der Waals surface area contributed by atoms with Crippen molar-refractivity contribution in [3.8, 4) is 0 Å². The maximum Gasteiger partial charge on any atom is 0.285 e. The van der Waals surface area contributed by atoms with Crippen LogP contribution in [0.5, 0.6) is 0 Å². The van der Waals surface area contributed by atoms with Crippen molar-refractivity contribution in [3.05, 3.63) is 22.0 Å². The summed E-state index contributed by atoms with van der Waals surface area (Å²) in [5.41, 5.74) is 4.04. The molecular formula is C14H19N3O2S. The van der Waals surface area contributed by atoms with Crippen LogP contribution in [0.25, 0.3) is 10.2 Å². The molecule has 1 amide bonds. The third-order valence-corrected chi connectivity index (χ3v) is 4.23. The van der Waals surface area contributed by atoms with E-state index in [4.69, 9.17) is 0 Å². The molecule has 2 aromatic rings. The number of nitrogens with zero attached hydrogens (tertiary/aromatic N) is 2. The minimum absolute atomic E-state index is 0.119. The van der Waals surface area contributed by atoms with Gasteiger partial charge in [0.15, 0.2) is 0 Å². The molecule has 0 aromatic carbocycles. The molecule has 0 atom stereocenters. The monoisotopic (exact) mass is 293 g/mol. The zero-order valence-electron chi connectivity index (χ0n) is 12.6. The van der Waals surface area contributed by atoms with Crippen molar-refractivity contribution >= 4 is 27.5 Å². The van der Waals surface area contributed by atoms with Crippen molar-refractivity contribution in [2.45, 2.75) is 40.0 Å². The van der Waals surface area contributed by atoms with Gasteiger partial charge in [-0.25, -0.2) is 15.4 Å². The number of hydrogen-bond acceptors (Lipinski definition) is 5. The third kappa shape index (κ3) is 2.53. The van der Waals surface area contributed by atoms with Crippen LogP contribution in [-0.2, 0) is 10.3 Å². The molecular weight excluding hydrogens is 274 g/mol. The molecule has 0 aliphatic rings. The number of nitrogens with one attached hydrogen (secondary N) is 1. The number of carbonyl (C=O) groups excluding carboxylic acids is 1. The zero-order chi connectivity index (χ0) is 15.1. The number of rotatable bonds is 2. The maximum absolute atomic E-state index is 12.0. The van der Waals surface area contributed by atoms with Crippen molar-refractivity contribution in [1.29, 1.82) is 0 Å². The van der Waals surface area contributed by atoms with E-state index in [1.54, 1.807) is 0 Å². The Labute approximate surface area is 122 Å². The summed E-state index contributed by atoms with van der Waals surface area (Å²) in [6.45, 7) is 10.1. The Kier molecular flexibility index (Phi) is 3.80. The first-order valence-electron chi connectivity index (χ1n) is 6.37. The van der Waals surface area contributed by atoms with Crippen LogP contribution in [-0.4, -0.2) is 23.0 Å². The van der Waals surface area contributed by atoms with Gasteiger partial charge in [-0.05, 0) is 19.4 Å². The fraction of sp³-hybridized carbons (Fsp3) is 0.500. The predicted molar refractivity (Wildman–Crippen MR) is 80.1 cm³/mol. The van der Waals surface area contributed by atoms with Gasteiger partial charge in [-0.15, -0.1) is 11.3 Å². The molecule has 0 saturated carbocycles. The summed E-state index contributed by atoms with van der Waals surface area (Å²) in [5.74, 6) is 0.548. The van der Waals surface area contributed by atoms with Gasteiger partial charge in [0, 0.05) is 10.8 Å². The van der Waals surface area contributed by atoms with Gasteiger partial charge in [0.25, 0.3) is 5.91 Å². The maximum atomic E-state index is 12.0. The van der Waals surface area contributed by atoms with E-state index in [1.165, 1.54) is 18.4 Å². The number of hydrogen-bond donors (Lipinski definition) is 1. The van der Waals surface area contributed by atoms with Crippen LogP contribution < -0.4 is 5.48 Å². The number of carbonyl (C=O) groups is 1. The molecule has 0 spiro atoms. The van der Waals surface area contributed by atoms with Gasteiger partial charge in [0.1, 0.15) is 10.7 Å². The standard InChI is InChI=1S/C14H19N3O2S/c1-7-9-8(2)15-13(14(3,4)5)16-12(9)20-10(7)11(18)17-19-6/h1-6H3,(H,17,18). The van der Waals surface area contributed by atoms with Crippen LogP contribution in [0.15, 0.2) is 0 Å². The quantitative estimate of drug-likeness (QED) is 0.865. The number of amides is 1. The van der Waals surface area contributed by atoms with Gasteiger partial charge in [0.05, 0.1) is 17.7 Å². The Hall–Kier alpha value is -1.53. The fourth-order valence-corrected chi connectivity index (χ4v) is 3.15. The molecule has 2 aromatic heterocycles. The molecule has 2 heterocycles. The minimum atomic E-state index is -0.246. The lowest BCUT2D eigenvalue weighted by Crippen LogP contribution is -2.21. The highest BCUT2D eigenvalue weighted by Gasteiger charge is 2.23. The van der Waals surface area contributed by atoms with Gasteiger partial charge >= 0.3 is 0 Å². The highest BCUT2D eigenvalue weighted by Crippen LogP contribution is 2.33. The Bertz CT molecular complexity index is 671. The van der Waals surface area contributed by atoms with Crippen LogP contribution in [0.3, 0.4) is 0 Å². The highest BCUT2D eigenvalue weighted by atomic mass is 32.1. The summed E-state index contributed by atoms with van der Waals surface area (Å²) in [5, 5.41) is 0.962. The molecule has 1 N–H and O–H groups in total. The number of thiophene rings is 1. The Morgan fingerprint density at radius 3 is 2.45 bits per heavy atom. The summed E-state index contributed by atoms with van der Waals surface area (Å²) < 4.78 is 0. The molecule has 0 aliphatic carbocycles. The van der Waals surface area contributed by atoms with E-state index in [-0.39, 0.29) is 11.3 Å². The summed E-state index contributed by atoms with van der Waals surface area (Å²) >= 11 is 1.37. The molecule has 5 nitrogen and oxygen atoms in total. The number of fused-ring (bicyclic) bond motifs is 1. The Balaban J connectivity index is 2.65. The topological polar surface area (TPSA) is 64.1 Å². The van der Waals surface area contributed by atoms with E-state index in [0.29, 0.717) is 4.88 Å². The molecule has 108 valence electrons. The van der Waals surface area contributed by atoms with E-state index < -0.39 is 0 Å². The molecule has 0 bridgehead atoms. The molecule has 0 saturated heterocycles. The first-order valence-corrected chi connectivity index (χ1v) is 7.19. The molecule has 0 aliphatic heterocycles. The second kappa shape index (κ2) is 5.10. The Morgan fingerprint density at radius 2 is 1.90 bits per heavy atom. The average Bonchev–Trinajstić information content (AvgIpc) is 2.66. The van der Waals surface area contributed by atoms with E-state index >= 15 is 0 Å². The van der Waals surface area contributed by atoms with Crippen molar-refractivity contribution in [2.24, 2.45) is 0 Å². The van der Waals surface area contributed by atoms with E-state index in [2.05, 4.69) is 41.1 Å². The smallest absolute Gasteiger partial charge is 0.277 e. The van der Waals surface area contributed by atoms with Crippen molar-refractivity contribution in [3.63, 3.8) is 0 Å². The summed E-state index contributed by atoms with van der Waals surface area (Å²) in [6, 6.07) is 0. The number of hydroxylamine groups is 1. The average molecular weight is 293 g/mol. The van der Waals surface area contributed by atoms with Gasteiger partial charge in [-0.1, -0.05) is 20.8 Å². The number of aryl methyl sites for hydroxylation is 2. The second-order valence-corrected chi connectivity index (χ2v) is 6.75. The van der Waals surface area contributed by atoms with Crippen LogP contribution in [0.1, 0.15) is 47.5 Å². The SMILES string of the molecule is CONC(=O)c1sc2nc(C(C)(C)C)nc(C)c2c1C. The zero-order valence-corrected chi connectivity index (χ0v) is 13.4. The van der Waals surface area contributed by atoms with E-state index in [9.17, 15) is 4.79 Å². The summed E-state index contributed by atoms with van der Waals surface area (Å²) in [4.78, 5) is 27.3. The van der Waals surface area contributed by atoms with Gasteiger partial charge in [-0.3, -0.25) is 9.63 Å². The molecule has 20 heavy (non-hydrogen) atoms. The van der Waals surface area contributed by atoms with Gasteiger partial charge in [0.2, 0.25) is 0 Å². The lowest BCUT2D eigenvalue weighted by Gasteiger charge is -2.16. The summed E-state index contributed by atoms with van der Waals surface area (Å²) in [6.07, 6.45) is 0. The number of aromatic nitrogens is 2. The lowest BCUT2D eigenvalue weighted by atomic mass is 9.95. The molecule has 2 rings (SSSR count). The molecule has 0 fully saturated rings. The van der Waals surface area contributed by atoms with Crippen LogP contribution >= 0.6 is 11.3 Å². The van der Waals surface area contributed by atoms with E-state index in [0.717, 1.165) is 27.3 Å². The second-order valence-electron chi connectivity index (χ2n) is 5.75. The first kappa shape index (κ1) is 14.9. The highest BCUT2D eigenvalue weighted by molar-refractivity contribution is 7.20. The Morgan fingerprint density at radius 1 is 1.25 bits per heavy atom. The van der Waals surface area contributed by atoms with Gasteiger partial charge < -0.3 is 0 Å². The van der Waals surface area contributed by atoms with Crippen LogP contribution in [0.4, 0.5) is 0 Å². The predicted octanol–water partition coefficient (Wildman–Crippen LogP) is 2.90. The van der Waals surface area contributed by atoms with Gasteiger partial charge in [-0.2, -0.15) is 0 Å². The van der Waals surface area contributed by atoms with E-state index in [1.807, 2.05) is 13.8 Å². The minimum Gasteiger partial charge on any atom is -0.277 e. The molecule has 0 unspecified atom stereocenters. The largest absolute Gasteiger partial charge is 0.285 e. The van der Waals surface area contributed by atoms with Crippen molar-refractivity contribution in [2.75, 3.05) is 7.11 Å². The third-order valence-electron chi connectivity index (χ3n) is 3.04. The van der Waals surface area contributed by atoms with Crippen LogP contribution in [0.2, 0.25) is 0 Å². The molecule has 6 heteroatoms. The molecule has 0 radical (unpaired) electrons. The fourth-order valence-electron chi connectivity index (χ4n) is 2.03. The van der Waals surface area contributed by atoms with Crippen LogP contribution in [0, 0.1) is 13.8 Å².